The Morgan fingerprint density at radius 3 is 3.00 bits per heavy atom. The number of benzene rings is 1. The van der Waals surface area contributed by atoms with E-state index in [0.717, 1.165) is 13.0 Å². The molecular formula is C17H22N2S. The van der Waals surface area contributed by atoms with Crippen LogP contribution in [0.3, 0.4) is 0 Å². The van der Waals surface area contributed by atoms with Crippen molar-refractivity contribution in [3.05, 3.63) is 39.9 Å². The summed E-state index contributed by atoms with van der Waals surface area (Å²) in [5, 5.41) is 4.80. The summed E-state index contributed by atoms with van der Waals surface area (Å²) in [5.41, 5.74) is 5.26. The van der Waals surface area contributed by atoms with E-state index in [0.29, 0.717) is 6.04 Å². The first kappa shape index (κ1) is 13.8. The topological polar surface area (TPSA) is 24.9 Å². The summed E-state index contributed by atoms with van der Waals surface area (Å²) >= 11 is 1.89. The second-order valence-corrected chi connectivity index (χ2v) is 6.68. The van der Waals surface area contributed by atoms with Gasteiger partial charge in [-0.25, -0.2) is 4.98 Å². The highest BCUT2D eigenvalue weighted by atomic mass is 32.1. The van der Waals surface area contributed by atoms with E-state index in [9.17, 15) is 0 Å². The summed E-state index contributed by atoms with van der Waals surface area (Å²) in [6, 6.07) is 7.16. The first-order valence-corrected chi connectivity index (χ1v) is 8.31. The van der Waals surface area contributed by atoms with Gasteiger partial charge in [0.2, 0.25) is 0 Å². The number of aromatic nitrogens is 1. The van der Waals surface area contributed by atoms with Crippen molar-refractivity contribution in [2.75, 3.05) is 6.54 Å². The highest BCUT2D eigenvalue weighted by molar-refractivity contribution is 7.15. The molecule has 1 N–H and O–H groups in total. The fourth-order valence-corrected chi connectivity index (χ4v) is 4.25. The third-order valence-electron chi connectivity index (χ3n) is 4.02. The van der Waals surface area contributed by atoms with Gasteiger partial charge in [0.05, 0.1) is 5.69 Å². The average Bonchev–Trinajstić information content (AvgIpc) is 2.87. The van der Waals surface area contributed by atoms with Crippen LogP contribution in [0.1, 0.15) is 47.5 Å². The van der Waals surface area contributed by atoms with Crippen LogP contribution in [0, 0.1) is 13.8 Å². The van der Waals surface area contributed by atoms with Crippen LogP contribution >= 0.6 is 11.3 Å². The molecule has 0 amide bonds. The van der Waals surface area contributed by atoms with Crippen LogP contribution in [0.4, 0.5) is 0 Å². The predicted octanol–water partition coefficient (Wildman–Crippen LogP) is 4.41. The van der Waals surface area contributed by atoms with E-state index < -0.39 is 0 Å². The Kier molecular flexibility index (Phi) is 3.90. The van der Waals surface area contributed by atoms with Crippen molar-refractivity contribution < 1.29 is 0 Å². The molecule has 0 aliphatic heterocycles. The molecule has 2 aromatic rings. The molecule has 3 heteroatoms. The largest absolute Gasteiger partial charge is 0.309 e. The molecule has 2 nitrogen and oxygen atoms in total. The highest BCUT2D eigenvalue weighted by Gasteiger charge is 2.24. The third-order valence-corrected chi connectivity index (χ3v) is 5.27. The van der Waals surface area contributed by atoms with Crippen molar-refractivity contribution in [3.8, 4) is 10.6 Å². The first-order valence-electron chi connectivity index (χ1n) is 7.49. The van der Waals surface area contributed by atoms with Gasteiger partial charge in [0.15, 0.2) is 0 Å². The molecule has 1 aromatic carbocycles. The number of nitrogens with zero attached hydrogens (tertiary/aromatic N) is 1. The van der Waals surface area contributed by atoms with Crippen molar-refractivity contribution in [2.24, 2.45) is 0 Å². The molecule has 0 spiro atoms. The molecular weight excluding hydrogens is 264 g/mol. The monoisotopic (exact) mass is 286 g/mol. The van der Waals surface area contributed by atoms with E-state index in [1.165, 1.54) is 45.1 Å². The van der Waals surface area contributed by atoms with E-state index in [2.05, 4.69) is 44.3 Å². The van der Waals surface area contributed by atoms with Crippen molar-refractivity contribution in [1.29, 1.82) is 0 Å². The maximum Gasteiger partial charge on any atom is 0.124 e. The first-order chi connectivity index (χ1) is 9.69. The van der Waals surface area contributed by atoms with Gasteiger partial charge in [-0.2, -0.15) is 0 Å². The second-order valence-electron chi connectivity index (χ2n) is 5.65. The van der Waals surface area contributed by atoms with Crippen LogP contribution in [0.15, 0.2) is 18.2 Å². The number of hydrogen-bond donors (Lipinski definition) is 1. The predicted molar refractivity (Wildman–Crippen MR) is 86.4 cm³/mol. The van der Waals surface area contributed by atoms with E-state index >= 15 is 0 Å². The summed E-state index contributed by atoms with van der Waals surface area (Å²) in [4.78, 5) is 6.40. The number of aryl methyl sites for hydroxylation is 3. The smallest absolute Gasteiger partial charge is 0.124 e. The third kappa shape index (κ3) is 2.52. The minimum absolute atomic E-state index is 0.514. The van der Waals surface area contributed by atoms with Crippen LogP contribution in [0.5, 0.6) is 0 Å². The quantitative estimate of drug-likeness (QED) is 0.903. The fraction of sp³-hybridized carbons (Fsp3) is 0.471. The molecule has 1 unspecified atom stereocenters. The summed E-state index contributed by atoms with van der Waals surface area (Å²) in [6.45, 7) is 7.54. The lowest BCUT2D eigenvalue weighted by atomic mass is 9.98. The summed E-state index contributed by atoms with van der Waals surface area (Å²) in [6.07, 6.45) is 3.63. The van der Waals surface area contributed by atoms with Crippen molar-refractivity contribution in [1.82, 2.24) is 10.3 Å². The second kappa shape index (κ2) is 5.66. The van der Waals surface area contributed by atoms with E-state index in [1.807, 2.05) is 11.3 Å². The average molecular weight is 286 g/mol. The molecule has 20 heavy (non-hydrogen) atoms. The summed E-state index contributed by atoms with van der Waals surface area (Å²) < 4.78 is 0. The SMILES string of the molecule is CCNC1CCCc2nc(-c3cc(C)ccc3C)sc21. The lowest BCUT2D eigenvalue weighted by molar-refractivity contribution is 0.476. The summed E-state index contributed by atoms with van der Waals surface area (Å²) in [5.74, 6) is 0. The Morgan fingerprint density at radius 2 is 2.20 bits per heavy atom. The zero-order valence-electron chi connectivity index (χ0n) is 12.5. The molecule has 1 aliphatic rings. The fourth-order valence-electron chi connectivity index (χ4n) is 2.94. The maximum atomic E-state index is 4.93. The minimum atomic E-state index is 0.514. The molecule has 0 saturated carbocycles. The van der Waals surface area contributed by atoms with Gasteiger partial charge in [0.25, 0.3) is 0 Å². The van der Waals surface area contributed by atoms with E-state index in [-0.39, 0.29) is 0 Å². The van der Waals surface area contributed by atoms with Gasteiger partial charge in [-0.1, -0.05) is 24.6 Å². The number of thiazole rings is 1. The van der Waals surface area contributed by atoms with Crippen molar-refractivity contribution in [3.63, 3.8) is 0 Å². The van der Waals surface area contributed by atoms with E-state index in [4.69, 9.17) is 4.98 Å². The van der Waals surface area contributed by atoms with Crippen molar-refractivity contribution >= 4 is 11.3 Å². The number of fused-ring (bicyclic) bond motifs is 1. The van der Waals surface area contributed by atoms with Crippen molar-refractivity contribution in [2.45, 2.75) is 46.1 Å². The molecule has 1 aliphatic carbocycles. The van der Waals surface area contributed by atoms with Crippen LogP contribution < -0.4 is 5.32 Å². The van der Waals surface area contributed by atoms with Crippen LogP contribution in [-0.2, 0) is 6.42 Å². The molecule has 106 valence electrons. The Hall–Kier alpha value is -1.19. The van der Waals surface area contributed by atoms with Crippen LogP contribution in [0.25, 0.3) is 10.6 Å². The van der Waals surface area contributed by atoms with Gasteiger partial charge in [-0.15, -0.1) is 11.3 Å². The van der Waals surface area contributed by atoms with Crippen LogP contribution in [0.2, 0.25) is 0 Å². The zero-order chi connectivity index (χ0) is 14.1. The summed E-state index contributed by atoms with van der Waals surface area (Å²) in [7, 11) is 0. The standard InChI is InChI=1S/C17H22N2S/c1-4-18-14-6-5-7-15-16(14)20-17(19-15)13-10-11(2)8-9-12(13)3/h8-10,14,18H,4-7H2,1-3H3. The normalized spacial score (nSPS) is 18.1. The Balaban J connectivity index is 2.02. The Morgan fingerprint density at radius 1 is 1.35 bits per heavy atom. The van der Waals surface area contributed by atoms with Crippen LogP contribution in [-0.4, -0.2) is 11.5 Å². The minimum Gasteiger partial charge on any atom is -0.309 e. The maximum absolute atomic E-state index is 4.93. The molecule has 1 atom stereocenters. The number of nitrogens with one attached hydrogen (secondary N) is 1. The molecule has 0 saturated heterocycles. The lowest BCUT2D eigenvalue weighted by Gasteiger charge is -2.21. The molecule has 1 aromatic heterocycles. The molecule has 0 bridgehead atoms. The van der Waals surface area contributed by atoms with Gasteiger partial charge in [-0.3, -0.25) is 0 Å². The Bertz CT molecular complexity index is 615. The van der Waals surface area contributed by atoms with E-state index in [1.54, 1.807) is 0 Å². The van der Waals surface area contributed by atoms with Gasteiger partial charge < -0.3 is 5.32 Å². The molecule has 3 rings (SSSR count). The lowest BCUT2D eigenvalue weighted by Crippen LogP contribution is -2.23. The number of hydrogen-bond acceptors (Lipinski definition) is 3. The zero-order valence-corrected chi connectivity index (χ0v) is 13.3. The number of rotatable bonds is 3. The highest BCUT2D eigenvalue weighted by Crippen LogP contribution is 2.38. The Labute approximate surface area is 125 Å². The van der Waals surface area contributed by atoms with Gasteiger partial charge in [0.1, 0.15) is 5.01 Å². The van der Waals surface area contributed by atoms with Gasteiger partial charge >= 0.3 is 0 Å². The molecule has 0 fully saturated rings. The van der Waals surface area contributed by atoms with Gasteiger partial charge in [-0.05, 0) is 51.3 Å². The molecule has 0 radical (unpaired) electrons. The molecule has 1 heterocycles. The van der Waals surface area contributed by atoms with Gasteiger partial charge in [0, 0.05) is 16.5 Å².